The van der Waals surface area contributed by atoms with Crippen molar-refractivity contribution in [3.63, 3.8) is 0 Å². The third-order valence-corrected chi connectivity index (χ3v) is 3.24. The van der Waals surface area contributed by atoms with E-state index in [2.05, 4.69) is 0 Å². The Balaban J connectivity index is 1.78. The molecule has 1 aliphatic heterocycles. The van der Waals surface area contributed by atoms with Gasteiger partial charge in [0.1, 0.15) is 0 Å². The average Bonchev–Trinajstić information content (AvgIpc) is 2.81. The van der Waals surface area contributed by atoms with Crippen LogP contribution in [0.15, 0.2) is 0 Å². The third kappa shape index (κ3) is 3.14. The van der Waals surface area contributed by atoms with Gasteiger partial charge in [0.25, 0.3) is 0 Å². The molecule has 4 heteroatoms. The highest BCUT2D eigenvalue weighted by Crippen LogP contribution is 2.30. The van der Waals surface area contributed by atoms with Crippen molar-refractivity contribution in [2.24, 2.45) is 5.92 Å². The molecule has 2 fully saturated rings. The molecule has 88 valence electrons. The Kier molecular flexibility index (Phi) is 4.38. The van der Waals surface area contributed by atoms with E-state index in [1.807, 2.05) is 5.06 Å². The molecule has 0 amide bonds. The molecule has 1 saturated carbocycles. The maximum absolute atomic E-state index is 5.86. The molecule has 0 spiro atoms. The number of methoxy groups -OCH3 is 1. The van der Waals surface area contributed by atoms with Crippen LogP contribution in [0.5, 0.6) is 0 Å². The van der Waals surface area contributed by atoms with Crippen molar-refractivity contribution >= 4 is 0 Å². The Hall–Kier alpha value is -0.160. The molecule has 0 N–H and O–H groups in total. The van der Waals surface area contributed by atoms with E-state index in [9.17, 15) is 0 Å². The van der Waals surface area contributed by atoms with Gasteiger partial charge in [0.15, 0.2) is 6.29 Å². The zero-order valence-corrected chi connectivity index (χ0v) is 9.48. The van der Waals surface area contributed by atoms with Crippen molar-refractivity contribution in [2.75, 3.05) is 33.4 Å². The van der Waals surface area contributed by atoms with Gasteiger partial charge >= 0.3 is 0 Å². The van der Waals surface area contributed by atoms with Crippen LogP contribution in [0.3, 0.4) is 0 Å². The van der Waals surface area contributed by atoms with Crippen LogP contribution in [-0.2, 0) is 14.3 Å². The van der Waals surface area contributed by atoms with Crippen molar-refractivity contribution in [2.45, 2.75) is 32.0 Å². The van der Waals surface area contributed by atoms with E-state index in [-0.39, 0.29) is 6.29 Å². The van der Waals surface area contributed by atoms with E-state index in [0.29, 0.717) is 5.92 Å². The van der Waals surface area contributed by atoms with Crippen LogP contribution < -0.4 is 0 Å². The fraction of sp³-hybridized carbons (Fsp3) is 1.00. The summed E-state index contributed by atoms with van der Waals surface area (Å²) in [5.74, 6) is 0.581. The van der Waals surface area contributed by atoms with Gasteiger partial charge < -0.3 is 9.47 Å². The summed E-state index contributed by atoms with van der Waals surface area (Å²) in [6.07, 6.45) is 5.06. The quantitative estimate of drug-likeness (QED) is 0.663. The number of rotatable bonds is 4. The molecule has 1 heterocycles. The molecule has 2 aliphatic rings. The van der Waals surface area contributed by atoms with Crippen LogP contribution in [0.2, 0.25) is 0 Å². The molecule has 1 aliphatic carbocycles. The number of morpholine rings is 1. The van der Waals surface area contributed by atoms with Gasteiger partial charge in [0.05, 0.1) is 13.2 Å². The van der Waals surface area contributed by atoms with Crippen LogP contribution >= 0.6 is 0 Å². The van der Waals surface area contributed by atoms with Gasteiger partial charge in [-0.3, -0.25) is 4.84 Å². The first-order valence-electron chi connectivity index (χ1n) is 5.92. The number of hydrogen-bond acceptors (Lipinski definition) is 4. The molecule has 4 nitrogen and oxygen atoms in total. The lowest BCUT2D eigenvalue weighted by Gasteiger charge is -2.31. The van der Waals surface area contributed by atoms with Gasteiger partial charge in [-0.05, 0) is 12.8 Å². The summed E-state index contributed by atoms with van der Waals surface area (Å²) < 4.78 is 10.7. The van der Waals surface area contributed by atoms with Crippen LogP contribution in [0.25, 0.3) is 0 Å². The standard InChI is InChI=1S/C11H21NO3/c1-13-11(10-4-2-3-5-10)15-12-6-8-14-9-7-12/h10-11H,2-9H2,1H3/t11-/m0/s1. The van der Waals surface area contributed by atoms with Gasteiger partial charge in [-0.25, -0.2) is 0 Å². The van der Waals surface area contributed by atoms with Gasteiger partial charge in [0, 0.05) is 26.1 Å². The van der Waals surface area contributed by atoms with Gasteiger partial charge in [-0.15, -0.1) is 0 Å². The van der Waals surface area contributed by atoms with E-state index in [1.54, 1.807) is 7.11 Å². The first-order chi connectivity index (χ1) is 7.40. The summed E-state index contributed by atoms with van der Waals surface area (Å²) in [4.78, 5) is 5.86. The highest BCUT2D eigenvalue weighted by atomic mass is 16.8. The van der Waals surface area contributed by atoms with E-state index >= 15 is 0 Å². The molecule has 1 atom stereocenters. The minimum absolute atomic E-state index is 0.0504. The molecule has 0 unspecified atom stereocenters. The van der Waals surface area contributed by atoms with Gasteiger partial charge in [0.2, 0.25) is 0 Å². The Morgan fingerprint density at radius 2 is 1.87 bits per heavy atom. The summed E-state index contributed by atoms with van der Waals surface area (Å²) in [6.45, 7) is 3.24. The monoisotopic (exact) mass is 215 g/mol. The molecule has 0 bridgehead atoms. The molecule has 0 radical (unpaired) electrons. The lowest BCUT2D eigenvalue weighted by atomic mass is 10.1. The topological polar surface area (TPSA) is 30.9 Å². The second kappa shape index (κ2) is 5.80. The maximum atomic E-state index is 5.86. The maximum Gasteiger partial charge on any atom is 0.179 e. The zero-order chi connectivity index (χ0) is 10.5. The average molecular weight is 215 g/mol. The third-order valence-electron chi connectivity index (χ3n) is 3.24. The van der Waals surface area contributed by atoms with E-state index in [0.717, 1.165) is 26.3 Å². The predicted molar refractivity (Wildman–Crippen MR) is 56.2 cm³/mol. The minimum atomic E-state index is -0.0504. The molecule has 0 aromatic heterocycles. The van der Waals surface area contributed by atoms with Crippen LogP contribution in [0, 0.1) is 5.92 Å². The summed E-state index contributed by atoms with van der Waals surface area (Å²) in [5.41, 5.74) is 0. The highest BCUT2D eigenvalue weighted by Gasteiger charge is 2.28. The van der Waals surface area contributed by atoms with Crippen molar-refractivity contribution in [1.29, 1.82) is 0 Å². The van der Waals surface area contributed by atoms with E-state index < -0.39 is 0 Å². The second-order valence-corrected chi connectivity index (χ2v) is 4.30. The number of hydroxylamine groups is 2. The minimum Gasteiger partial charge on any atom is -0.379 e. The fourth-order valence-corrected chi connectivity index (χ4v) is 2.35. The lowest BCUT2D eigenvalue weighted by Crippen LogP contribution is -2.41. The zero-order valence-electron chi connectivity index (χ0n) is 9.48. The summed E-state index contributed by atoms with van der Waals surface area (Å²) in [6, 6.07) is 0. The first-order valence-corrected chi connectivity index (χ1v) is 5.92. The Morgan fingerprint density at radius 1 is 1.20 bits per heavy atom. The smallest absolute Gasteiger partial charge is 0.179 e. The number of ether oxygens (including phenoxy) is 2. The molecule has 2 rings (SSSR count). The SMILES string of the molecule is CO[C@@H](ON1CCOCC1)C1CCCC1. The number of hydrogen-bond donors (Lipinski definition) is 0. The van der Waals surface area contributed by atoms with Gasteiger partial charge in [-0.1, -0.05) is 12.8 Å². The molecular formula is C11H21NO3. The molecule has 1 saturated heterocycles. The van der Waals surface area contributed by atoms with E-state index in [4.69, 9.17) is 14.3 Å². The number of nitrogens with zero attached hydrogens (tertiary/aromatic N) is 1. The van der Waals surface area contributed by atoms with Crippen molar-refractivity contribution in [3.8, 4) is 0 Å². The van der Waals surface area contributed by atoms with Crippen LogP contribution in [0.4, 0.5) is 0 Å². The highest BCUT2D eigenvalue weighted by molar-refractivity contribution is 4.70. The largest absolute Gasteiger partial charge is 0.379 e. The molecule has 0 aromatic carbocycles. The van der Waals surface area contributed by atoms with E-state index in [1.165, 1.54) is 25.7 Å². The van der Waals surface area contributed by atoms with Crippen molar-refractivity contribution in [3.05, 3.63) is 0 Å². The summed E-state index contributed by atoms with van der Waals surface area (Å²) in [5, 5.41) is 1.98. The molecule has 0 aromatic rings. The fourth-order valence-electron chi connectivity index (χ4n) is 2.35. The second-order valence-electron chi connectivity index (χ2n) is 4.30. The summed E-state index contributed by atoms with van der Waals surface area (Å²) >= 11 is 0. The molecular weight excluding hydrogens is 194 g/mol. The first kappa shape index (κ1) is 11.3. The Labute approximate surface area is 91.4 Å². The summed E-state index contributed by atoms with van der Waals surface area (Å²) in [7, 11) is 1.74. The van der Waals surface area contributed by atoms with Crippen LogP contribution in [0.1, 0.15) is 25.7 Å². The predicted octanol–water partition coefficient (Wildman–Crippen LogP) is 1.41. The Morgan fingerprint density at radius 3 is 2.47 bits per heavy atom. The van der Waals surface area contributed by atoms with Crippen molar-refractivity contribution in [1.82, 2.24) is 5.06 Å². The normalized spacial score (nSPS) is 27.0. The van der Waals surface area contributed by atoms with Gasteiger partial charge in [-0.2, -0.15) is 5.06 Å². The molecule has 15 heavy (non-hydrogen) atoms. The van der Waals surface area contributed by atoms with Crippen molar-refractivity contribution < 1.29 is 14.3 Å². The lowest BCUT2D eigenvalue weighted by molar-refractivity contribution is -0.303. The Bertz CT molecular complexity index is 177. The van der Waals surface area contributed by atoms with Crippen LogP contribution in [-0.4, -0.2) is 44.8 Å².